The van der Waals surface area contributed by atoms with Gasteiger partial charge in [-0.3, -0.25) is 24.2 Å². The van der Waals surface area contributed by atoms with Crippen molar-refractivity contribution in [2.75, 3.05) is 11.9 Å². The maximum Gasteiger partial charge on any atom is 0.322 e. The van der Waals surface area contributed by atoms with Crippen LogP contribution in [-0.2, 0) is 4.79 Å². The number of hydrogen-bond donors (Lipinski definition) is 5. The van der Waals surface area contributed by atoms with Crippen LogP contribution in [0.5, 0.6) is 11.6 Å². The molecule has 0 saturated carbocycles. The lowest BCUT2D eigenvalue weighted by molar-refractivity contribution is -0.135. The minimum atomic E-state index is -1.38. The smallest absolute Gasteiger partial charge is 0.322 e. The van der Waals surface area contributed by atoms with Crippen molar-refractivity contribution in [3.8, 4) is 17.3 Å². The minimum Gasteiger partial charge on any atom is -0.506 e. The van der Waals surface area contributed by atoms with E-state index in [4.69, 9.17) is 5.11 Å². The van der Waals surface area contributed by atoms with Crippen LogP contribution in [0.3, 0.4) is 0 Å². The van der Waals surface area contributed by atoms with Crippen LogP contribution >= 0.6 is 0 Å². The number of nitrogens with zero attached hydrogens (tertiary/aromatic N) is 2. The Morgan fingerprint density at radius 3 is 2.41 bits per heavy atom. The van der Waals surface area contributed by atoms with Crippen molar-refractivity contribution in [3.63, 3.8) is 0 Å². The van der Waals surface area contributed by atoms with Crippen molar-refractivity contribution in [3.05, 3.63) is 75.8 Å². The number of nitrogens with one attached hydrogen (secondary N) is 2. The van der Waals surface area contributed by atoms with Gasteiger partial charge in [0.1, 0.15) is 17.7 Å². The zero-order valence-electron chi connectivity index (χ0n) is 18.3. The van der Waals surface area contributed by atoms with E-state index in [9.17, 15) is 29.4 Å². The fourth-order valence-electron chi connectivity index (χ4n) is 3.20. The second-order valence-electron chi connectivity index (χ2n) is 7.58. The SMILES string of the molecule is CC(C)c1cccc(-n2c(O)c(C(=O)Nc3cccnc3)c(O)c(C(=O)NCC(=O)O)c2=O)c1. The summed E-state index contributed by atoms with van der Waals surface area (Å²) < 4.78 is 0.708. The van der Waals surface area contributed by atoms with Gasteiger partial charge in [0.05, 0.1) is 17.6 Å². The van der Waals surface area contributed by atoms with E-state index in [0.717, 1.165) is 5.56 Å². The summed E-state index contributed by atoms with van der Waals surface area (Å²) in [6, 6.07) is 9.53. The first kappa shape index (κ1) is 24.0. The summed E-state index contributed by atoms with van der Waals surface area (Å²) in [5.41, 5.74) is -1.63. The summed E-state index contributed by atoms with van der Waals surface area (Å²) >= 11 is 0. The van der Waals surface area contributed by atoms with Crippen LogP contribution in [0.15, 0.2) is 53.6 Å². The quantitative estimate of drug-likeness (QED) is 0.351. The Labute approximate surface area is 193 Å². The van der Waals surface area contributed by atoms with Crippen LogP contribution in [0.25, 0.3) is 5.69 Å². The van der Waals surface area contributed by atoms with Crippen LogP contribution < -0.4 is 16.2 Å². The molecule has 0 aliphatic rings. The molecule has 2 heterocycles. The van der Waals surface area contributed by atoms with Crippen LogP contribution in [0, 0.1) is 0 Å². The van der Waals surface area contributed by atoms with Gasteiger partial charge in [-0.2, -0.15) is 0 Å². The number of aromatic nitrogens is 2. The van der Waals surface area contributed by atoms with Gasteiger partial charge in [-0.1, -0.05) is 26.0 Å². The standard InChI is InChI=1S/C23H22N4O7/c1-12(2)13-5-3-7-15(9-13)27-22(33)17(20(31)25-11-16(28)29)19(30)18(23(27)34)21(32)26-14-6-4-8-24-10-14/h3-10,12,30,34H,11H2,1-2H3,(H,25,31)(H,26,32)(H,28,29). The highest BCUT2D eigenvalue weighted by Crippen LogP contribution is 2.31. The first-order valence-electron chi connectivity index (χ1n) is 10.1. The number of benzene rings is 1. The molecule has 2 aromatic heterocycles. The number of amides is 2. The molecule has 0 saturated heterocycles. The van der Waals surface area contributed by atoms with Gasteiger partial charge < -0.3 is 26.0 Å². The highest BCUT2D eigenvalue weighted by atomic mass is 16.4. The molecule has 34 heavy (non-hydrogen) atoms. The maximum atomic E-state index is 13.2. The second kappa shape index (κ2) is 9.86. The first-order valence-corrected chi connectivity index (χ1v) is 10.1. The van der Waals surface area contributed by atoms with Crippen LogP contribution in [0.4, 0.5) is 5.69 Å². The molecule has 3 aromatic rings. The molecule has 0 aliphatic heterocycles. The second-order valence-corrected chi connectivity index (χ2v) is 7.58. The predicted molar refractivity (Wildman–Crippen MR) is 122 cm³/mol. The van der Waals surface area contributed by atoms with Gasteiger partial charge in [-0.15, -0.1) is 0 Å². The number of carbonyl (C=O) groups is 3. The van der Waals surface area contributed by atoms with E-state index in [2.05, 4.69) is 10.3 Å². The number of rotatable bonds is 7. The average Bonchev–Trinajstić information content (AvgIpc) is 2.78. The molecule has 176 valence electrons. The Hall–Kier alpha value is -4.67. The molecular formula is C23H22N4O7. The number of carboxylic acid groups (broad SMARTS) is 1. The van der Waals surface area contributed by atoms with Gasteiger partial charge in [-0.25, -0.2) is 4.57 Å². The third-order valence-electron chi connectivity index (χ3n) is 4.89. The fraction of sp³-hybridized carbons (Fsp3) is 0.174. The fourth-order valence-corrected chi connectivity index (χ4v) is 3.20. The summed E-state index contributed by atoms with van der Waals surface area (Å²) in [7, 11) is 0. The molecule has 0 aliphatic carbocycles. The van der Waals surface area contributed by atoms with E-state index in [-0.39, 0.29) is 17.3 Å². The molecule has 0 bridgehead atoms. The van der Waals surface area contributed by atoms with Gasteiger partial charge in [0.2, 0.25) is 5.88 Å². The van der Waals surface area contributed by atoms with Crippen molar-refractivity contribution in [2.45, 2.75) is 19.8 Å². The van der Waals surface area contributed by atoms with Crippen molar-refractivity contribution in [1.82, 2.24) is 14.9 Å². The Morgan fingerprint density at radius 1 is 1.06 bits per heavy atom. The molecule has 5 N–H and O–H groups in total. The molecule has 3 rings (SSSR count). The third-order valence-corrected chi connectivity index (χ3v) is 4.89. The van der Waals surface area contributed by atoms with E-state index < -0.39 is 52.6 Å². The van der Waals surface area contributed by atoms with Crippen molar-refractivity contribution < 1.29 is 29.7 Å². The van der Waals surface area contributed by atoms with E-state index >= 15 is 0 Å². The van der Waals surface area contributed by atoms with Crippen LogP contribution in [0.1, 0.15) is 46.0 Å². The lowest BCUT2D eigenvalue weighted by atomic mass is 10.0. The van der Waals surface area contributed by atoms with Gasteiger partial charge in [0, 0.05) is 6.20 Å². The summed E-state index contributed by atoms with van der Waals surface area (Å²) in [5.74, 6) is -5.58. The topological polar surface area (TPSA) is 171 Å². The number of anilines is 1. The minimum absolute atomic E-state index is 0.0570. The molecule has 2 amide bonds. The molecule has 1 aromatic carbocycles. The van der Waals surface area contributed by atoms with Gasteiger partial charge in [0.15, 0.2) is 5.75 Å². The molecule has 11 nitrogen and oxygen atoms in total. The number of pyridine rings is 2. The highest BCUT2D eigenvalue weighted by molar-refractivity contribution is 6.10. The maximum absolute atomic E-state index is 13.2. The number of aliphatic carboxylic acids is 1. The number of carbonyl (C=O) groups excluding carboxylic acids is 2. The molecule has 0 fully saturated rings. The summed E-state index contributed by atoms with van der Waals surface area (Å²) in [6.45, 7) is 2.99. The lowest BCUT2D eigenvalue weighted by Crippen LogP contribution is -2.36. The highest BCUT2D eigenvalue weighted by Gasteiger charge is 2.30. The molecule has 11 heteroatoms. The number of hydrogen-bond acceptors (Lipinski definition) is 7. The Bertz CT molecular complexity index is 1320. The van der Waals surface area contributed by atoms with Crippen LogP contribution in [0.2, 0.25) is 0 Å². The average molecular weight is 466 g/mol. The van der Waals surface area contributed by atoms with Crippen molar-refractivity contribution >= 4 is 23.5 Å². The van der Waals surface area contributed by atoms with Crippen molar-refractivity contribution in [2.24, 2.45) is 0 Å². The van der Waals surface area contributed by atoms with E-state index in [1.807, 2.05) is 19.2 Å². The molecule has 0 atom stereocenters. The molecule has 0 spiro atoms. The molecule has 0 radical (unpaired) electrons. The normalized spacial score (nSPS) is 10.7. The predicted octanol–water partition coefficient (Wildman–Crippen LogP) is 1.83. The van der Waals surface area contributed by atoms with Gasteiger partial charge in [-0.05, 0) is 35.7 Å². The first-order chi connectivity index (χ1) is 16.1. The van der Waals surface area contributed by atoms with E-state index in [0.29, 0.717) is 4.57 Å². The monoisotopic (exact) mass is 466 g/mol. The molecular weight excluding hydrogens is 444 g/mol. The van der Waals surface area contributed by atoms with Crippen LogP contribution in [-0.4, -0.2) is 49.2 Å². The Morgan fingerprint density at radius 2 is 1.79 bits per heavy atom. The Kier molecular flexibility index (Phi) is 6.95. The summed E-state index contributed by atoms with van der Waals surface area (Å²) in [6.07, 6.45) is 2.78. The van der Waals surface area contributed by atoms with Gasteiger partial charge in [0.25, 0.3) is 17.4 Å². The van der Waals surface area contributed by atoms with Crippen molar-refractivity contribution in [1.29, 1.82) is 0 Å². The zero-order chi connectivity index (χ0) is 25.0. The third kappa shape index (κ3) is 4.88. The Balaban J connectivity index is 2.25. The van der Waals surface area contributed by atoms with E-state index in [1.54, 1.807) is 24.3 Å². The summed E-state index contributed by atoms with van der Waals surface area (Å²) in [4.78, 5) is 53.5. The molecule has 0 unspecified atom stereocenters. The number of carboxylic acids is 1. The largest absolute Gasteiger partial charge is 0.506 e. The number of aromatic hydroxyl groups is 2. The van der Waals surface area contributed by atoms with Gasteiger partial charge >= 0.3 is 5.97 Å². The zero-order valence-corrected chi connectivity index (χ0v) is 18.3. The summed E-state index contributed by atoms with van der Waals surface area (Å²) in [5, 5.41) is 34.9. The lowest BCUT2D eigenvalue weighted by Gasteiger charge is -2.17. The van der Waals surface area contributed by atoms with E-state index in [1.165, 1.54) is 24.5 Å².